The second kappa shape index (κ2) is 7.58. The Hall–Kier alpha value is -2.37. The van der Waals surface area contributed by atoms with Gasteiger partial charge in [-0.1, -0.05) is 26.0 Å². The van der Waals surface area contributed by atoms with Gasteiger partial charge < -0.3 is 15.2 Å². The zero-order chi connectivity index (χ0) is 24.9. The third kappa shape index (κ3) is 3.05. The number of carbonyl (C=O) groups excluding carboxylic acids is 2. The summed E-state index contributed by atoms with van der Waals surface area (Å²) in [6.07, 6.45) is 10.1. The van der Waals surface area contributed by atoms with E-state index in [0.29, 0.717) is 48.1 Å². The third-order valence-electron chi connectivity index (χ3n) is 11.9. The summed E-state index contributed by atoms with van der Waals surface area (Å²) < 4.78 is 0. The standard InChI is InChI=1S/C30H40N4O2/c1-28-12-10-20-18(16-30(14-15-30)27-29(20,2)13-11-25(35)34(27)3)19(28)8-9-21(28)26(36)31-17-24-32-22-6-4-5-7-23(22)33-24/h4-7,18-21,27H,8-17H2,1-3H3,(H,31,36)(H,32,33)/t18?,19-,20?,21+,27?,28-,29+/m0/s1. The van der Waals surface area contributed by atoms with Crippen LogP contribution >= 0.6 is 0 Å². The molecular weight excluding hydrogens is 448 g/mol. The van der Waals surface area contributed by atoms with Gasteiger partial charge in [0, 0.05) is 25.4 Å². The highest BCUT2D eigenvalue weighted by molar-refractivity contribution is 5.80. The lowest BCUT2D eigenvalue weighted by Gasteiger charge is -2.64. The van der Waals surface area contributed by atoms with Crippen LogP contribution in [0, 0.1) is 39.9 Å². The van der Waals surface area contributed by atoms with E-state index in [1.165, 1.54) is 32.1 Å². The van der Waals surface area contributed by atoms with Crippen LogP contribution in [-0.4, -0.2) is 39.8 Å². The minimum atomic E-state index is 0.0782. The van der Waals surface area contributed by atoms with Crippen molar-refractivity contribution >= 4 is 22.8 Å². The number of aromatic amines is 1. The smallest absolute Gasteiger partial charge is 0.224 e. The number of nitrogens with one attached hydrogen (secondary N) is 2. The summed E-state index contributed by atoms with van der Waals surface area (Å²) in [4.78, 5) is 36.4. The number of aromatic nitrogens is 2. The van der Waals surface area contributed by atoms with Gasteiger partial charge in [0.1, 0.15) is 5.82 Å². The molecule has 1 spiro atoms. The number of amides is 2. The van der Waals surface area contributed by atoms with Crippen LogP contribution in [0.3, 0.4) is 0 Å². The van der Waals surface area contributed by atoms with Crippen molar-refractivity contribution in [3.63, 3.8) is 0 Å². The van der Waals surface area contributed by atoms with E-state index in [4.69, 9.17) is 0 Å². The fraction of sp³-hybridized carbons (Fsp3) is 0.700. The summed E-state index contributed by atoms with van der Waals surface area (Å²) >= 11 is 0. The number of rotatable bonds is 3. The molecule has 1 saturated heterocycles. The average molecular weight is 489 g/mol. The van der Waals surface area contributed by atoms with Crippen LogP contribution < -0.4 is 5.32 Å². The topological polar surface area (TPSA) is 78.1 Å². The molecule has 2 aromatic rings. The fourth-order valence-electron chi connectivity index (χ4n) is 10.2. The summed E-state index contributed by atoms with van der Waals surface area (Å²) in [7, 11) is 2.08. The van der Waals surface area contributed by atoms with Crippen LogP contribution in [0.2, 0.25) is 0 Å². The summed E-state index contributed by atoms with van der Waals surface area (Å²) in [6, 6.07) is 8.43. The van der Waals surface area contributed by atoms with E-state index in [-0.39, 0.29) is 22.7 Å². The lowest BCUT2D eigenvalue weighted by atomic mass is 9.44. The van der Waals surface area contributed by atoms with Crippen LogP contribution in [0.15, 0.2) is 24.3 Å². The number of H-pyrrole nitrogens is 1. The normalized spacial score (nSPS) is 40.6. The highest BCUT2D eigenvalue weighted by Gasteiger charge is 2.70. The Morgan fingerprint density at radius 3 is 2.64 bits per heavy atom. The van der Waals surface area contributed by atoms with E-state index >= 15 is 0 Å². The average Bonchev–Trinajstić information content (AvgIpc) is 3.33. The molecule has 2 amide bonds. The fourth-order valence-corrected chi connectivity index (χ4v) is 10.2. The predicted molar refractivity (Wildman–Crippen MR) is 139 cm³/mol. The maximum absolute atomic E-state index is 13.6. The second-order valence-corrected chi connectivity index (χ2v) is 13.4. The van der Waals surface area contributed by atoms with Crippen molar-refractivity contribution in [1.82, 2.24) is 20.2 Å². The van der Waals surface area contributed by atoms with Gasteiger partial charge in [-0.05, 0) is 97.5 Å². The van der Waals surface area contributed by atoms with Crippen molar-refractivity contribution in [1.29, 1.82) is 0 Å². The van der Waals surface area contributed by atoms with E-state index in [0.717, 1.165) is 36.1 Å². The number of likely N-dealkylation sites (tertiary alicyclic amines) is 1. The number of hydrogen-bond acceptors (Lipinski definition) is 3. The van der Waals surface area contributed by atoms with Gasteiger partial charge in [-0.25, -0.2) is 4.98 Å². The Morgan fingerprint density at radius 2 is 1.86 bits per heavy atom. The van der Waals surface area contributed by atoms with Crippen LogP contribution in [0.4, 0.5) is 0 Å². The van der Waals surface area contributed by atoms with Gasteiger partial charge in [0.05, 0.1) is 17.6 Å². The van der Waals surface area contributed by atoms with Crippen LogP contribution in [-0.2, 0) is 16.1 Å². The first kappa shape index (κ1) is 22.8. The Kier molecular flexibility index (Phi) is 4.80. The molecule has 4 saturated carbocycles. The summed E-state index contributed by atoms with van der Waals surface area (Å²) in [5.41, 5.74) is 2.60. The second-order valence-electron chi connectivity index (χ2n) is 13.4. The van der Waals surface area contributed by atoms with E-state index < -0.39 is 0 Å². The molecule has 7 atom stereocenters. The highest BCUT2D eigenvalue weighted by atomic mass is 16.2. The zero-order valence-electron chi connectivity index (χ0n) is 22.0. The number of carbonyl (C=O) groups is 2. The SMILES string of the molecule is CN1C(=O)CC[C@]2(C)C3CC[C@]4(C)[C@@H](C(=O)NCc5nc6ccccc6[nH]5)CC[C@H]4C3CC3(CC3)C12. The Bertz CT molecular complexity index is 1200. The molecule has 36 heavy (non-hydrogen) atoms. The molecule has 1 aromatic carbocycles. The predicted octanol–water partition coefficient (Wildman–Crippen LogP) is 5.05. The minimum Gasteiger partial charge on any atom is -0.349 e. The van der Waals surface area contributed by atoms with Crippen molar-refractivity contribution in [3.8, 4) is 0 Å². The quantitative estimate of drug-likeness (QED) is 0.635. The van der Waals surface area contributed by atoms with Gasteiger partial charge in [-0.15, -0.1) is 0 Å². The molecule has 2 N–H and O–H groups in total. The largest absolute Gasteiger partial charge is 0.349 e. The van der Waals surface area contributed by atoms with Crippen LogP contribution in [0.5, 0.6) is 0 Å². The maximum atomic E-state index is 13.6. The van der Waals surface area contributed by atoms with E-state index in [9.17, 15) is 9.59 Å². The number of para-hydroxylation sites is 2. The van der Waals surface area contributed by atoms with Crippen molar-refractivity contribution in [2.75, 3.05) is 7.05 Å². The van der Waals surface area contributed by atoms with Gasteiger partial charge in [0.25, 0.3) is 0 Å². The molecule has 7 rings (SSSR count). The number of nitrogens with zero attached hydrogens (tertiary/aromatic N) is 2. The monoisotopic (exact) mass is 488 g/mol. The molecule has 0 bridgehead atoms. The first-order chi connectivity index (χ1) is 17.3. The van der Waals surface area contributed by atoms with Gasteiger partial charge >= 0.3 is 0 Å². The molecule has 5 fully saturated rings. The zero-order valence-corrected chi connectivity index (χ0v) is 22.0. The summed E-state index contributed by atoms with van der Waals surface area (Å²) in [5, 5.41) is 3.25. The summed E-state index contributed by atoms with van der Waals surface area (Å²) in [5.74, 6) is 3.47. The van der Waals surface area contributed by atoms with E-state index in [1.807, 2.05) is 24.3 Å². The van der Waals surface area contributed by atoms with Crippen molar-refractivity contribution < 1.29 is 9.59 Å². The molecule has 4 aliphatic carbocycles. The Balaban J connectivity index is 1.11. The minimum absolute atomic E-state index is 0.0782. The molecule has 0 radical (unpaired) electrons. The first-order valence-electron chi connectivity index (χ1n) is 14.2. The van der Waals surface area contributed by atoms with Gasteiger partial charge in [-0.2, -0.15) is 0 Å². The first-order valence-corrected chi connectivity index (χ1v) is 14.2. The van der Waals surface area contributed by atoms with Gasteiger partial charge in [0.15, 0.2) is 0 Å². The summed E-state index contributed by atoms with van der Waals surface area (Å²) in [6.45, 7) is 5.41. The number of piperidine rings is 1. The molecule has 5 aliphatic rings. The van der Waals surface area contributed by atoms with E-state index in [2.05, 4.69) is 41.1 Å². The van der Waals surface area contributed by atoms with Crippen molar-refractivity contribution in [2.24, 2.45) is 39.9 Å². The third-order valence-corrected chi connectivity index (χ3v) is 11.9. The number of imidazole rings is 1. The molecule has 3 unspecified atom stereocenters. The van der Waals surface area contributed by atoms with Crippen molar-refractivity contribution in [3.05, 3.63) is 30.1 Å². The number of hydrogen-bond donors (Lipinski definition) is 2. The molecule has 2 heterocycles. The highest BCUT2D eigenvalue weighted by Crippen LogP contribution is 2.73. The van der Waals surface area contributed by atoms with Gasteiger partial charge in [0.2, 0.25) is 11.8 Å². The van der Waals surface area contributed by atoms with Gasteiger partial charge in [-0.3, -0.25) is 9.59 Å². The molecular formula is C30H40N4O2. The molecule has 192 valence electrons. The molecule has 6 heteroatoms. The molecule has 6 nitrogen and oxygen atoms in total. The maximum Gasteiger partial charge on any atom is 0.224 e. The van der Waals surface area contributed by atoms with Crippen LogP contribution in [0.25, 0.3) is 11.0 Å². The Morgan fingerprint density at radius 1 is 1.08 bits per heavy atom. The number of benzene rings is 1. The molecule has 1 aliphatic heterocycles. The Labute approximate surface area is 214 Å². The van der Waals surface area contributed by atoms with E-state index in [1.54, 1.807) is 0 Å². The lowest BCUT2D eigenvalue weighted by molar-refractivity contribution is -0.174. The molecule has 1 aromatic heterocycles. The van der Waals surface area contributed by atoms with Crippen molar-refractivity contribution in [2.45, 2.75) is 84.2 Å². The number of fused-ring (bicyclic) bond motifs is 7. The lowest BCUT2D eigenvalue weighted by Crippen LogP contribution is -2.65. The van der Waals surface area contributed by atoms with Crippen LogP contribution in [0.1, 0.15) is 77.5 Å².